The molecule has 2 aromatic rings. The molecular formula is C18H16FN3O3S. The summed E-state index contributed by atoms with van der Waals surface area (Å²) in [6.07, 6.45) is 3.01. The number of hydrazine groups is 1. The molecule has 8 heteroatoms. The summed E-state index contributed by atoms with van der Waals surface area (Å²) < 4.78 is 23.3. The van der Waals surface area contributed by atoms with Gasteiger partial charge in [0.25, 0.3) is 5.91 Å². The minimum atomic E-state index is -0.367. The average Bonchev–Trinajstić information content (AvgIpc) is 3.12. The Labute approximate surface area is 155 Å². The van der Waals surface area contributed by atoms with E-state index in [2.05, 4.69) is 16.2 Å². The SMILES string of the molecule is O=C(/C=C/c1ccc2c(c1)OCO2)NNC(=S)NCc1ccc(F)cc1. The molecule has 0 saturated heterocycles. The number of nitrogens with one attached hydrogen (secondary N) is 3. The van der Waals surface area contributed by atoms with Gasteiger partial charge in [0, 0.05) is 12.6 Å². The lowest BCUT2D eigenvalue weighted by Gasteiger charge is -2.10. The van der Waals surface area contributed by atoms with E-state index in [1.165, 1.54) is 18.2 Å². The Morgan fingerprint density at radius 1 is 1.12 bits per heavy atom. The van der Waals surface area contributed by atoms with E-state index in [0.717, 1.165) is 11.1 Å². The Hall–Kier alpha value is -3.13. The van der Waals surface area contributed by atoms with Crippen LogP contribution >= 0.6 is 12.2 Å². The predicted molar refractivity (Wildman–Crippen MR) is 98.7 cm³/mol. The molecule has 0 aliphatic carbocycles. The van der Waals surface area contributed by atoms with Crippen LogP contribution in [0.15, 0.2) is 48.5 Å². The number of carbonyl (C=O) groups is 1. The fourth-order valence-corrected chi connectivity index (χ4v) is 2.30. The third-order valence-corrected chi connectivity index (χ3v) is 3.74. The first-order valence-corrected chi connectivity index (χ1v) is 8.17. The standard InChI is InChI=1S/C18H16FN3O3S/c19-14-5-1-13(2-6-14)10-20-18(26)22-21-17(23)8-4-12-3-7-15-16(9-12)25-11-24-15/h1-9H,10-11H2,(H,21,23)(H2,20,22,26)/b8-4+. The summed E-state index contributed by atoms with van der Waals surface area (Å²) in [5.41, 5.74) is 6.72. The summed E-state index contributed by atoms with van der Waals surface area (Å²) >= 11 is 5.06. The Bertz CT molecular complexity index is 840. The zero-order valence-corrected chi connectivity index (χ0v) is 14.4. The molecule has 0 saturated carbocycles. The van der Waals surface area contributed by atoms with Gasteiger partial charge in [-0.15, -0.1) is 0 Å². The van der Waals surface area contributed by atoms with Crippen molar-refractivity contribution < 1.29 is 18.7 Å². The highest BCUT2D eigenvalue weighted by Crippen LogP contribution is 2.32. The van der Waals surface area contributed by atoms with Crippen molar-refractivity contribution in [1.82, 2.24) is 16.2 Å². The first kappa shape index (κ1) is 17.7. The monoisotopic (exact) mass is 373 g/mol. The van der Waals surface area contributed by atoms with Gasteiger partial charge in [0.2, 0.25) is 6.79 Å². The van der Waals surface area contributed by atoms with E-state index >= 15 is 0 Å². The predicted octanol–water partition coefficient (Wildman–Crippen LogP) is 2.26. The molecule has 0 unspecified atom stereocenters. The molecule has 0 atom stereocenters. The molecule has 0 spiro atoms. The van der Waals surface area contributed by atoms with Crippen molar-refractivity contribution in [3.63, 3.8) is 0 Å². The summed E-state index contributed by atoms with van der Waals surface area (Å²) in [7, 11) is 0. The van der Waals surface area contributed by atoms with Crippen LogP contribution in [0.1, 0.15) is 11.1 Å². The Morgan fingerprint density at radius 3 is 2.69 bits per heavy atom. The highest BCUT2D eigenvalue weighted by Gasteiger charge is 2.12. The number of ether oxygens (including phenoxy) is 2. The second-order valence-electron chi connectivity index (χ2n) is 5.37. The van der Waals surface area contributed by atoms with Gasteiger partial charge in [-0.1, -0.05) is 18.2 Å². The molecule has 3 N–H and O–H groups in total. The van der Waals surface area contributed by atoms with Gasteiger partial charge in [-0.2, -0.15) is 0 Å². The van der Waals surface area contributed by atoms with Crippen LogP contribution in [-0.2, 0) is 11.3 Å². The van der Waals surface area contributed by atoms with Crippen LogP contribution in [0, 0.1) is 5.82 Å². The molecule has 0 bridgehead atoms. The van der Waals surface area contributed by atoms with Crippen molar-refractivity contribution in [3.8, 4) is 11.5 Å². The third kappa shape index (κ3) is 4.93. The Balaban J connectivity index is 1.41. The first-order chi connectivity index (χ1) is 12.6. The minimum Gasteiger partial charge on any atom is -0.454 e. The largest absolute Gasteiger partial charge is 0.454 e. The topological polar surface area (TPSA) is 71.6 Å². The maximum Gasteiger partial charge on any atom is 0.262 e. The van der Waals surface area contributed by atoms with Gasteiger partial charge in [-0.3, -0.25) is 15.6 Å². The van der Waals surface area contributed by atoms with E-state index in [0.29, 0.717) is 18.0 Å². The molecule has 1 aliphatic rings. The van der Waals surface area contributed by atoms with Crippen LogP contribution < -0.4 is 25.6 Å². The number of hydrogen-bond donors (Lipinski definition) is 3. The van der Waals surface area contributed by atoms with Crippen molar-refractivity contribution in [1.29, 1.82) is 0 Å². The molecule has 26 heavy (non-hydrogen) atoms. The van der Waals surface area contributed by atoms with Crippen LogP contribution in [0.4, 0.5) is 4.39 Å². The fraction of sp³-hybridized carbons (Fsp3) is 0.111. The van der Waals surface area contributed by atoms with Gasteiger partial charge in [-0.25, -0.2) is 4.39 Å². The lowest BCUT2D eigenvalue weighted by atomic mass is 10.2. The van der Waals surface area contributed by atoms with Gasteiger partial charge in [0.05, 0.1) is 0 Å². The summed E-state index contributed by atoms with van der Waals surface area (Å²) in [6.45, 7) is 0.615. The summed E-state index contributed by atoms with van der Waals surface area (Å²) in [5, 5.41) is 3.15. The molecule has 0 radical (unpaired) electrons. The van der Waals surface area contributed by atoms with Crippen molar-refractivity contribution in [3.05, 3.63) is 65.5 Å². The van der Waals surface area contributed by atoms with Crippen molar-refractivity contribution >= 4 is 29.3 Å². The van der Waals surface area contributed by atoms with Crippen molar-refractivity contribution in [2.24, 2.45) is 0 Å². The lowest BCUT2D eigenvalue weighted by molar-refractivity contribution is -0.116. The van der Waals surface area contributed by atoms with Crippen LogP contribution in [0.3, 0.4) is 0 Å². The number of carbonyl (C=O) groups excluding carboxylic acids is 1. The number of halogens is 1. The van der Waals surface area contributed by atoms with E-state index in [4.69, 9.17) is 21.7 Å². The summed E-state index contributed by atoms with van der Waals surface area (Å²) in [6, 6.07) is 11.4. The molecule has 134 valence electrons. The number of rotatable bonds is 4. The number of amides is 1. The zero-order chi connectivity index (χ0) is 18.4. The van der Waals surface area contributed by atoms with E-state index in [1.807, 2.05) is 6.07 Å². The summed E-state index contributed by atoms with van der Waals surface area (Å²) in [4.78, 5) is 11.8. The molecular weight excluding hydrogens is 357 g/mol. The van der Waals surface area contributed by atoms with E-state index in [-0.39, 0.29) is 23.6 Å². The number of fused-ring (bicyclic) bond motifs is 1. The number of hydrogen-bond acceptors (Lipinski definition) is 4. The van der Waals surface area contributed by atoms with E-state index < -0.39 is 0 Å². The maximum atomic E-state index is 12.8. The average molecular weight is 373 g/mol. The Morgan fingerprint density at radius 2 is 1.88 bits per heavy atom. The first-order valence-electron chi connectivity index (χ1n) is 7.76. The molecule has 3 rings (SSSR count). The molecule has 1 amide bonds. The van der Waals surface area contributed by atoms with Gasteiger partial charge >= 0.3 is 0 Å². The number of thiocarbonyl (C=S) groups is 1. The van der Waals surface area contributed by atoms with Crippen LogP contribution in [0.2, 0.25) is 0 Å². The van der Waals surface area contributed by atoms with Crippen LogP contribution in [-0.4, -0.2) is 17.8 Å². The normalized spacial score (nSPS) is 12.0. The molecule has 1 aliphatic heterocycles. The maximum absolute atomic E-state index is 12.8. The second-order valence-corrected chi connectivity index (χ2v) is 5.78. The van der Waals surface area contributed by atoms with Gasteiger partial charge in [0.1, 0.15) is 5.82 Å². The van der Waals surface area contributed by atoms with Gasteiger partial charge in [0.15, 0.2) is 16.6 Å². The molecule has 2 aromatic carbocycles. The highest BCUT2D eigenvalue weighted by atomic mass is 32.1. The summed E-state index contributed by atoms with van der Waals surface area (Å²) in [5.74, 6) is 0.673. The van der Waals surface area contributed by atoms with Crippen LogP contribution in [0.5, 0.6) is 11.5 Å². The van der Waals surface area contributed by atoms with Gasteiger partial charge < -0.3 is 14.8 Å². The second kappa shape index (κ2) is 8.30. The molecule has 0 fully saturated rings. The minimum absolute atomic E-state index is 0.204. The van der Waals surface area contributed by atoms with Crippen molar-refractivity contribution in [2.45, 2.75) is 6.54 Å². The Kier molecular flexibility index (Phi) is 5.65. The third-order valence-electron chi connectivity index (χ3n) is 3.49. The zero-order valence-electron chi connectivity index (χ0n) is 13.6. The molecule has 6 nitrogen and oxygen atoms in total. The van der Waals surface area contributed by atoms with Gasteiger partial charge in [-0.05, 0) is 53.7 Å². The highest BCUT2D eigenvalue weighted by molar-refractivity contribution is 7.80. The molecule has 1 heterocycles. The quantitative estimate of drug-likeness (QED) is 0.434. The van der Waals surface area contributed by atoms with E-state index in [9.17, 15) is 9.18 Å². The lowest BCUT2D eigenvalue weighted by Crippen LogP contribution is -2.45. The van der Waals surface area contributed by atoms with Crippen LogP contribution in [0.25, 0.3) is 6.08 Å². The molecule has 0 aromatic heterocycles. The fourth-order valence-electron chi connectivity index (χ4n) is 2.18. The van der Waals surface area contributed by atoms with Crippen molar-refractivity contribution in [2.75, 3.05) is 6.79 Å². The smallest absolute Gasteiger partial charge is 0.262 e. The number of benzene rings is 2. The van der Waals surface area contributed by atoms with E-state index in [1.54, 1.807) is 30.3 Å².